The Morgan fingerprint density at radius 2 is 1.88 bits per heavy atom. The fraction of sp³-hybridized carbons (Fsp3) is 0.350. The second kappa shape index (κ2) is 8.21. The normalized spacial score (nSPS) is 13.4. The van der Waals surface area contributed by atoms with E-state index >= 15 is 0 Å². The smallest absolute Gasteiger partial charge is 0.231 e. The van der Waals surface area contributed by atoms with Crippen LogP contribution in [0.3, 0.4) is 0 Å². The summed E-state index contributed by atoms with van der Waals surface area (Å²) in [7, 11) is 0. The molecule has 3 rings (SSSR count). The lowest BCUT2D eigenvalue weighted by Gasteiger charge is -2.18. The van der Waals surface area contributed by atoms with E-state index in [1.807, 2.05) is 18.2 Å². The van der Waals surface area contributed by atoms with Gasteiger partial charge in [0.25, 0.3) is 0 Å². The number of aryl methyl sites for hydroxylation is 1. The van der Waals surface area contributed by atoms with Gasteiger partial charge in [-0.05, 0) is 67.4 Å². The number of rotatable bonds is 6. The number of hydrogen-bond donors (Lipinski definition) is 2. The molecule has 0 fully saturated rings. The number of benzene rings is 2. The molecule has 0 amide bonds. The summed E-state index contributed by atoms with van der Waals surface area (Å²) >= 11 is 5.44. The third-order valence-corrected chi connectivity index (χ3v) is 4.49. The fourth-order valence-corrected chi connectivity index (χ4v) is 3.06. The lowest BCUT2D eigenvalue weighted by atomic mass is 10.1. The van der Waals surface area contributed by atoms with Gasteiger partial charge in [-0.2, -0.15) is 0 Å². The third-order valence-electron chi connectivity index (χ3n) is 4.28. The fourth-order valence-electron chi connectivity index (χ4n) is 2.77. The number of thiocarbonyl (C=S) groups is 1. The van der Waals surface area contributed by atoms with Gasteiger partial charge in [0.05, 0.1) is 6.04 Å². The van der Waals surface area contributed by atoms with Gasteiger partial charge in [0.2, 0.25) is 6.79 Å². The number of hydrogen-bond acceptors (Lipinski definition) is 3. The Balaban J connectivity index is 1.55. The first kappa shape index (κ1) is 17.5. The van der Waals surface area contributed by atoms with Gasteiger partial charge in [0.1, 0.15) is 0 Å². The van der Waals surface area contributed by atoms with Crippen molar-refractivity contribution in [1.82, 2.24) is 5.32 Å². The van der Waals surface area contributed by atoms with Crippen molar-refractivity contribution >= 4 is 23.0 Å². The summed E-state index contributed by atoms with van der Waals surface area (Å²) in [4.78, 5) is 0. The van der Waals surface area contributed by atoms with Gasteiger partial charge in [0, 0.05) is 5.69 Å². The summed E-state index contributed by atoms with van der Waals surface area (Å²) in [5.41, 5.74) is 3.46. The molecule has 1 unspecified atom stereocenters. The molecule has 1 heterocycles. The molecule has 0 saturated carbocycles. The Labute approximate surface area is 154 Å². The predicted molar refractivity (Wildman–Crippen MR) is 105 cm³/mol. The summed E-state index contributed by atoms with van der Waals surface area (Å²) in [6, 6.07) is 14.5. The van der Waals surface area contributed by atoms with E-state index in [0.29, 0.717) is 5.11 Å². The predicted octanol–water partition coefficient (Wildman–Crippen LogP) is 4.81. The van der Waals surface area contributed by atoms with Crippen LogP contribution in [0.4, 0.5) is 5.69 Å². The van der Waals surface area contributed by atoms with E-state index in [1.165, 1.54) is 18.4 Å². The molecule has 25 heavy (non-hydrogen) atoms. The average Bonchev–Trinajstić information content (AvgIpc) is 3.08. The highest BCUT2D eigenvalue weighted by Gasteiger charge is 2.16. The minimum atomic E-state index is 0.0679. The van der Waals surface area contributed by atoms with Crippen LogP contribution in [0.25, 0.3) is 0 Å². The van der Waals surface area contributed by atoms with Crippen molar-refractivity contribution in [3.63, 3.8) is 0 Å². The quantitative estimate of drug-likeness (QED) is 0.728. The van der Waals surface area contributed by atoms with Crippen LogP contribution in [0.1, 0.15) is 43.9 Å². The van der Waals surface area contributed by atoms with Crippen LogP contribution in [0.2, 0.25) is 0 Å². The summed E-state index contributed by atoms with van der Waals surface area (Å²) in [5, 5.41) is 7.15. The zero-order valence-corrected chi connectivity index (χ0v) is 15.5. The third kappa shape index (κ3) is 4.63. The largest absolute Gasteiger partial charge is 0.454 e. The molecule has 5 heteroatoms. The molecule has 4 nitrogen and oxygen atoms in total. The molecular formula is C20H24N2O2S. The Bertz CT molecular complexity index is 731. The average molecular weight is 356 g/mol. The highest BCUT2D eigenvalue weighted by atomic mass is 32.1. The van der Waals surface area contributed by atoms with Gasteiger partial charge in [-0.15, -0.1) is 0 Å². The maximum Gasteiger partial charge on any atom is 0.231 e. The second-order valence-corrected chi connectivity index (χ2v) is 6.64. The Hall–Kier alpha value is -2.27. The molecule has 0 aliphatic carbocycles. The molecule has 0 spiro atoms. The molecule has 132 valence electrons. The highest BCUT2D eigenvalue weighted by molar-refractivity contribution is 7.80. The molecule has 2 aromatic rings. The first-order valence-corrected chi connectivity index (χ1v) is 9.12. The van der Waals surface area contributed by atoms with Crippen molar-refractivity contribution in [3.05, 3.63) is 53.6 Å². The van der Waals surface area contributed by atoms with Crippen molar-refractivity contribution in [1.29, 1.82) is 0 Å². The molecule has 0 bridgehead atoms. The number of unbranched alkanes of at least 4 members (excludes halogenated alkanes) is 1. The van der Waals surface area contributed by atoms with E-state index in [-0.39, 0.29) is 12.8 Å². The zero-order valence-electron chi connectivity index (χ0n) is 14.7. The lowest BCUT2D eigenvalue weighted by molar-refractivity contribution is 0.174. The van der Waals surface area contributed by atoms with E-state index in [1.54, 1.807) is 0 Å². The SMILES string of the molecule is CCCCc1ccc(NC(=S)NC(C)c2ccc3c(c2)OCO3)cc1. The Morgan fingerprint density at radius 3 is 2.64 bits per heavy atom. The van der Waals surface area contributed by atoms with E-state index in [9.17, 15) is 0 Å². The summed E-state index contributed by atoms with van der Waals surface area (Å²) in [6.07, 6.45) is 3.56. The van der Waals surface area contributed by atoms with Crippen molar-refractivity contribution in [2.75, 3.05) is 12.1 Å². The van der Waals surface area contributed by atoms with Crippen LogP contribution in [-0.4, -0.2) is 11.9 Å². The number of anilines is 1. The number of nitrogens with one attached hydrogen (secondary N) is 2. The van der Waals surface area contributed by atoms with E-state index in [0.717, 1.165) is 29.2 Å². The number of ether oxygens (including phenoxy) is 2. The first-order valence-electron chi connectivity index (χ1n) is 8.71. The van der Waals surface area contributed by atoms with Crippen molar-refractivity contribution in [2.24, 2.45) is 0 Å². The van der Waals surface area contributed by atoms with Gasteiger partial charge in [-0.1, -0.05) is 31.5 Å². The minimum Gasteiger partial charge on any atom is -0.454 e. The monoisotopic (exact) mass is 356 g/mol. The summed E-state index contributed by atoms with van der Waals surface area (Å²) in [6.45, 7) is 4.57. The molecule has 1 aliphatic rings. The van der Waals surface area contributed by atoms with Crippen LogP contribution in [0, 0.1) is 0 Å². The summed E-state index contributed by atoms with van der Waals surface area (Å²) < 4.78 is 10.8. The van der Waals surface area contributed by atoms with Crippen molar-refractivity contribution in [3.8, 4) is 11.5 Å². The van der Waals surface area contributed by atoms with Gasteiger partial charge in [0.15, 0.2) is 16.6 Å². The maximum atomic E-state index is 5.44. The van der Waals surface area contributed by atoms with E-state index in [2.05, 4.69) is 48.7 Å². The van der Waals surface area contributed by atoms with Crippen LogP contribution >= 0.6 is 12.2 Å². The van der Waals surface area contributed by atoms with Crippen molar-refractivity contribution in [2.45, 2.75) is 39.2 Å². The second-order valence-electron chi connectivity index (χ2n) is 6.23. The molecule has 2 aromatic carbocycles. The standard InChI is InChI=1S/C20H24N2O2S/c1-3-4-5-15-6-9-17(10-7-15)22-20(25)21-14(2)16-8-11-18-19(12-16)24-13-23-18/h6-12,14H,3-5,13H2,1-2H3,(H2,21,22,25). The van der Waals surface area contributed by atoms with Gasteiger partial charge < -0.3 is 20.1 Å². The topological polar surface area (TPSA) is 42.5 Å². The first-order chi connectivity index (χ1) is 12.2. The van der Waals surface area contributed by atoms with E-state index < -0.39 is 0 Å². The van der Waals surface area contributed by atoms with Crippen molar-refractivity contribution < 1.29 is 9.47 Å². The van der Waals surface area contributed by atoms with Gasteiger partial charge in [-0.3, -0.25) is 0 Å². The van der Waals surface area contributed by atoms with Gasteiger partial charge >= 0.3 is 0 Å². The van der Waals surface area contributed by atoms with Crippen LogP contribution in [0.15, 0.2) is 42.5 Å². The van der Waals surface area contributed by atoms with Crippen LogP contribution in [-0.2, 0) is 6.42 Å². The molecule has 1 atom stereocenters. The molecule has 0 aromatic heterocycles. The molecule has 2 N–H and O–H groups in total. The zero-order chi connectivity index (χ0) is 17.6. The molecule has 1 aliphatic heterocycles. The van der Waals surface area contributed by atoms with Gasteiger partial charge in [-0.25, -0.2) is 0 Å². The molecule has 0 saturated heterocycles. The van der Waals surface area contributed by atoms with Crippen LogP contribution in [0.5, 0.6) is 11.5 Å². The number of fused-ring (bicyclic) bond motifs is 1. The van der Waals surface area contributed by atoms with Crippen LogP contribution < -0.4 is 20.1 Å². The lowest BCUT2D eigenvalue weighted by Crippen LogP contribution is -2.30. The minimum absolute atomic E-state index is 0.0679. The Morgan fingerprint density at radius 1 is 1.12 bits per heavy atom. The maximum absolute atomic E-state index is 5.44. The highest BCUT2D eigenvalue weighted by Crippen LogP contribution is 2.34. The Kier molecular flexibility index (Phi) is 5.76. The van der Waals surface area contributed by atoms with E-state index in [4.69, 9.17) is 21.7 Å². The summed E-state index contributed by atoms with van der Waals surface area (Å²) in [5.74, 6) is 1.58. The molecule has 0 radical (unpaired) electrons. The molecular weight excluding hydrogens is 332 g/mol.